The Morgan fingerprint density at radius 2 is 1.15 bits per heavy atom. The molecule has 0 heteroatoms. The second kappa shape index (κ2) is 13.2. The van der Waals surface area contributed by atoms with Crippen molar-refractivity contribution in [2.24, 2.45) is 29.6 Å². The maximum Gasteiger partial charge on any atom is -0.0383 e. The van der Waals surface area contributed by atoms with Crippen LogP contribution in [0, 0.1) is 29.6 Å². The third-order valence-electron chi connectivity index (χ3n) is 7.85. The fourth-order valence-corrected chi connectivity index (χ4v) is 5.99. The van der Waals surface area contributed by atoms with Crippen molar-refractivity contribution in [1.82, 2.24) is 0 Å². The molecule has 0 amide bonds. The minimum absolute atomic E-state index is 0.994. The Morgan fingerprint density at radius 1 is 0.577 bits per heavy atom. The zero-order valence-corrected chi connectivity index (χ0v) is 18.6. The van der Waals surface area contributed by atoms with Crippen molar-refractivity contribution in [2.45, 2.75) is 136 Å². The molecule has 0 N–H and O–H groups in total. The monoisotopic (exact) mass is 362 g/mol. The van der Waals surface area contributed by atoms with Crippen molar-refractivity contribution in [3.63, 3.8) is 0 Å². The van der Waals surface area contributed by atoms with E-state index in [2.05, 4.69) is 20.8 Å². The van der Waals surface area contributed by atoms with E-state index in [1.165, 1.54) is 89.9 Å². The number of rotatable bonds is 12. The van der Waals surface area contributed by atoms with Crippen LogP contribution in [0.1, 0.15) is 136 Å². The number of hydrogen-bond donors (Lipinski definition) is 0. The second-order valence-electron chi connectivity index (χ2n) is 10.4. The predicted molar refractivity (Wildman–Crippen MR) is 118 cm³/mol. The highest BCUT2D eigenvalue weighted by atomic mass is 14.4. The summed E-state index contributed by atoms with van der Waals surface area (Å²) in [4.78, 5) is 0. The summed E-state index contributed by atoms with van der Waals surface area (Å²) < 4.78 is 0. The van der Waals surface area contributed by atoms with E-state index in [9.17, 15) is 0 Å². The molecule has 2 aliphatic carbocycles. The van der Waals surface area contributed by atoms with Crippen LogP contribution < -0.4 is 0 Å². The van der Waals surface area contributed by atoms with Crippen molar-refractivity contribution < 1.29 is 0 Å². The first-order valence-corrected chi connectivity index (χ1v) is 12.7. The molecule has 0 saturated heterocycles. The smallest absolute Gasteiger partial charge is 0.0383 e. The van der Waals surface area contributed by atoms with Crippen LogP contribution in [0.3, 0.4) is 0 Å². The van der Waals surface area contributed by atoms with E-state index in [1.54, 1.807) is 25.7 Å². The SMILES string of the molecule is CCCCCCCCCCCC1CCC(C)CCC1CC1CCC(C)C1. The Labute approximate surface area is 166 Å². The lowest BCUT2D eigenvalue weighted by molar-refractivity contribution is 0.233. The van der Waals surface area contributed by atoms with Gasteiger partial charge in [0.25, 0.3) is 0 Å². The summed E-state index contributed by atoms with van der Waals surface area (Å²) in [5, 5.41) is 0. The van der Waals surface area contributed by atoms with E-state index in [0.717, 1.165) is 29.6 Å². The average molecular weight is 363 g/mol. The first-order chi connectivity index (χ1) is 12.7. The molecule has 0 spiro atoms. The van der Waals surface area contributed by atoms with Crippen LogP contribution in [0.2, 0.25) is 0 Å². The molecule has 0 aromatic carbocycles. The molecule has 2 saturated carbocycles. The molecule has 5 atom stereocenters. The molecule has 5 unspecified atom stereocenters. The molecule has 154 valence electrons. The van der Waals surface area contributed by atoms with Crippen LogP contribution in [0.25, 0.3) is 0 Å². The standard InChI is InChI=1S/C26H50/c1-4-5-6-7-8-9-10-11-12-13-25-18-15-22(2)16-19-26(25)21-24-17-14-23(3)20-24/h22-26H,4-21H2,1-3H3. The summed E-state index contributed by atoms with van der Waals surface area (Å²) >= 11 is 0. The quantitative estimate of drug-likeness (QED) is 0.240. The van der Waals surface area contributed by atoms with Crippen LogP contribution in [-0.4, -0.2) is 0 Å². The summed E-state index contributed by atoms with van der Waals surface area (Å²) in [5.41, 5.74) is 0. The van der Waals surface area contributed by atoms with Gasteiger partial charge in [-0.3, -0.25) is 0 Å². The summed E-state index contributed by atoms with van der Waals surface area (Å²) in [6.45, 7) is 7.30. The summed E-state index contributed by atoms with van der Waals surface area (Å²) in [7, 11) is 0. The minimum atomic E-state index is 0.994. The molecule has 0 radical (unpaired) electrons. The lowest BCUT2D eigenvalue weighted by Gasteiger charge is -2.28. The van der Waals surface area contributed by atoms with Crippen molar-refractivity contribution in [3.8, 4) is 0 Å². The maximum atomic E-state index is 2.51. The van der Waals surface area contributed by atoms with E-state index < -0.39 is 0 Å². The summed E-state index contributed by atoms with van der Waals surface area (Å²) in [5.74, 6) is 5.23. The van der Waals surface area contributed by atoms with Gasteiger partial charge < -0.3 is 0 Å². The highest BCUT2D eigenvalue weighted by Crippen LogP contribution is 2.42. The normalized spacial score (nSPS) is 32.7. The molecular formula is C26H50. The highest BCUT2D eigenvalue weighted by Gasteiger charge is 2.30. The van der Waals surface area contributed by atoms with Gasteiger partial charge in [-0.1, -0.05) is 111 Å². The third kappa shape index (κ3) is 8.79. The Kier molecular flexibility index (Phi) is 11.3. The molecule has 0 aromatic heterocycles. The topological polar surface area (TPSA) is 0 Å². The van der Waals surface area contributed by atoms with E-state index in [1.807, 2.05) is 0 Å². The van der Waals surface area contributed by atoms with Crippen LogP contribution in [-0.2, 0) is 0 Å². The van der Waals surface area contributed by atoms with Crippen molar-refractivity contribution in [3.05, 3.63) is 0 Å². The van der Waals surface area contributed by atoms with Crippen molar-refractivity contribution >= 4 is 0 Å². The average Bonchev–Trinajstić information content (AvgIpc) is 2.96. The van der Waals surface area contributed by atoms with E-state index >= 15 is 0 Å². The molecule has 0 aromatic rings. The van der Waals surface area contributed by atoms with Gasteiger partial charge in [-0.2, -0.15) is 0 Å². The molecule has 2 fully saturated rings. The molecular weight excluding hydrogens is 312 g/mol. The van der Waals surface area contributed by atoms with E-state index in [4.69, 9.17) is 0 Å². The van der Waals surface area contributed by atoms with Crippen molar-refractivity contribution in [2.75, 3.05) is 0 Å². The molecule has 2 rings (SSSR count). The van der Waals surface area contributed by atoms with Gasteiger partial charge in [-0.25, -0.2) is 0 Å². The van der Waals surface area contributed by atoms with Crippen LogP contribution in [0.4, 0.5) is 0 Å². The van der Waals surface area contributed by atoms with Gasteiger partial charge in [-0.05, 0) is 55.3 Å². The van der Waals surface area contributed by atoms with Crippen LogP contribution in [0.5, 0.6) is 0 Å². The van der Waals surface area contributed by atoms with Gasteiger partial charge in [0, 0.05) is 0 Å². The molecule has 26 heavy (non-hydrogen) atoms. The zero-order chi connectivity index (χ0) is 18.6. The van der Waals surface area contributed by atoms with Crippen LogP contribution in [0.15, 0.2) is 0 Å². The predicted octanol–water partition coefficient (Wildman–Crippen LogP) is 9.18. The van der Waals surface area contributed by atoms with Gasteiger partial charge >= 0.3 is 0 Å². The molecule has 0 nitrogen and oxygen atoms in total. The number of unbranched alkanes of at least 4 members (excludes halogenated alkanes) is 8. The fraction of sp³-hybridized carbons (Fsp3) is 1.00. The molecule has 0 heterocycles. The van der Waals surface area contributed by atoms with E-state index in [-0.39, 0.29) is 0 Å². The third-order valence-corrected chi connectivity index (χ3v) is 7.85. The fourth-order valence-electron chi connectivity index (χ4n) is 5.99. The second-order valence-corrected chi connectivity index (χ2v) is 10.4. The summed E-state index contributed by atoms with van der Waals surface area (Å²) in [6.07, 6.45) is 27.1. The first-order valence-electron chi connectivity index (χ1n) is 12.7. The van der Waals surface area contributed by atoms with Crippen molar-refractivity contribution in [1.29, 1.82) is 0 Å². The summed E-state index contributed by atoms with van der Waals surface area (Å²) in [6, 6.07) is 0. The maximum absolute atomic E-state index is 2.51. The number of hydrogen-bond acceptors (Lipinski definition) is 0. The molecule has 0 bridgehead atoms. The van der Waals surface area contributed by atoms with Gasteiger partial charge in [0.15, 0.2) is 0 Å². The van der Waals surface area contributed by atoms with Gasteiger partial charge in [0.2, 0.25) is 0 Å². The minimum Gasteiger partial charge on any atom is -0.0654 e. The Hall–Kier alpha value is 0. The molecule has 2 aliphatic rings. The Balaban J connectivity index is 1.63. The van der Waals surface area contributed by atoms with Crippen LogP contribution >= 0.6 is 0 Å². The zero-order valence-electron chi connectivity index (χ0n) is 18.6. The van der Waals surface area contributed by atoms with Gasteiger partial charge in [0.05, 0.1) is 0 Å². The van der Waals surface area contributed by atoms with Gasteiger partial charge in [0.1, 0.15) is 0 Å². The Bertz CT molecular complexity index is 333. The van der Waals surface area contributed by atoms with Gasteiger partial charge in [-0.15, -0.1) is 0 Å². The van der Waals surface area contributed by atoms with E-state index in [0.29, 0.717) is 0 Å². The molecule has 0 aliphatic heterocycles. The first kappa shape index (κ1) is 22.3. The lowest BCUT2D eigenvalue weighted by atomic mass is 9.78. The highest BCUT2D eigenvalue weighted by molar-refractivity contribution is 4.81. The lowest BCUT2D eigenvalue weighted by Crippen LogP contribution is -2.17. The largest absolute Gasteiger partial charge is 0.0654 e. The Morgan fingerprint density at radius 3 is 1.77 bits per heavy atom.